The van der Waals surface area contributed by atoms with E-state index in [1.807, 2.05) is 32.0 Å². The van der Waals surface area contributed by atoms with Crippen molar-refractivity contribution in [2.75, 3.05) is 5.73 Å². The average Bonchev–Trinajstić information content (AvgIpc) is 3.10. The van der Waals surface area contributed by atoms with Crippen LogP contribution in [-0.4, -0.2) is 13.7 Å². The smallest absolute Gasteiger partial charge is 0.215 e. The molecule has 5 heteroatoms. The summed E-state index contributed by atoms with van der Waals surface area (Å²) in [5, 5.41) is -0.205. The highest BCUT2D eigenvalue weighted by Gasteiger charge is 2.37. The monoisotopic (exact) mass is 268 g/mol. The topological polar surface area (TPSA) is 72.2 Å². The van der Waals surface area contributed by atoms with Gasteiger partial charge in [0.1, 0.15) is 0 Å². The molecule has 0 aliphatic heterocycles. The number of sulfonamides is 1. The molecule has 2 rings (SSSR count). The predicted molar refractivity (Wildman–Crippen MR) is 73.5 cm³/mol. The molecule has 0 unspecified atom stereocenters. The largest absolute Gasteiger partial charge is 0.398 e. The molecule has 1 aliphatic rings. The van der Waals surface area contributed by atoms with Gasteiger partial charge in [-0.2, -0.15) is 0 Å². The van der Waals surface area contributed by atoms with E-state index < -0.39 is 10.0 Å². The summed E-state index contributed by atoms with van der Waals surface area (Å²) >= 11 is 0. The number of rotatable bonds is 5. The van der Waals surface area contributed by atoms with E-state index >= 15 is 0 Å². The minimum atomic E-state index is -3.20. The van der Waals surface area contributed by atoms with E-state index in [9.17, 15) is 8.42 Å². The molecule has 4 nitrogen and oxygen atoms in total. The molecule has 1 fully saturated rings. The second-order valence-electron chi connectivity index (χ2n) is 5.21. The van der Waals surface area contributed by atoms with Crippen molar-refractivity contribution in [3.05, 3.63) is 29.8 Å². The van der Waals surface area contributed by atoms with Crippen LogP contribution in [0.3, 0.4) is 0 Å². The standard InChI is InChI=1S/C13H20N2O2S/c1-9(2)13(11-5-3-4-6-12(11)14)15-18(16,17)10-7-8-10/h3-6,9-10,13,15H,7-8,14H2,1-2H3/t13-/m1/s1. The fourth-order valence-electron chi connectivity index (χ4n) is 2.00. The van der Waals surface area contributed by atoms with E-state index in [4.69, 9.17) is 5.73 Å². The second kappa shape index (κ2) is 4.90. The van der Waals surface area contributed by atoms with Gasteiger partial charge >= 0.3 is 0 Å². The number of nitrogens with two attached hydrogens (primary N) is 1. The van der Waals surface area contributed by atoms with Crippen molar-refractivity contribution < 1.29 is 8.42 Å². The summed E-state index contributed by atoms with van der Waals surface area (Å²) in [6, 6.07) is 7.17. The Hall–Kier alpha value is -1.07. The van der Waals surface area contributed by atoms with Crippen molar-refractivity contribution >= 4 is 15.7 Å². The molecule has 1 atom stereocenters. The molecule has 0 aromatic heterocycles. The van der Waals surface area contributed by atoms with Crippen LogP contribution in [0.15, 0.2) is 24.3 Å². The van der Waals surface area contributed by atoms with E-state index in [-0.39, 0.29) is 17.2 Å². The summed E-state index contributed by atoms with van der Waals surface area (Å²) < 4.78 is 26.9. The van der Waals surface area contributed by atoms with Gasteiger partial charge in [0.15, 0.2) is 0 Å². The van der Waals surface area contributed by atoms with Crippen LogP contribution in [-0.2, 0) is 10.0 Å². The van der Waals surface area contributed by atoms with Crippen LogP contribution in [0.4, 0.5) is 5.69 Å². The lowest BCUT2D eigenvalue weighted by Gasteiger charge is -2.24. The lowest BCUT2D eigenvalue weighted by molar-refractivity contribution is 0.463. The van der Waals surface area contributed by atoms with Gasteiger partial charge in [-0.15, -0.1) is 0 Å². The average molecular weight is 268 g/mol. The van der Waals surface area contributed by atoms with Gasteiger partial charge in [0.25, 0.3) is 0 Å². The van der Waals surface area contributed by atoms with Crippen molar-refractivity contribution in [2.24, 2.45) is 5.92 Å². The fourth-order valence-corrected chi connectivity index (χ4v) is 3.71. The maximum absolute atomic E-state index is 12.0. The second-order valence-corrected chi connectivity index (χ2v) is 7.21. The molecule has 1 aromatic rings. The molecule has 0 spiro atoms. The molecule has 0 bridgehead atoms. The number of para-hydroxylation sites is 1. The van der Waals surface area contributed by atoms with Crippen molar-refractivity contribution in [1.82, 2.24) is 4.72 Å². The van der Waals surface area contributed by atoms with Gasteiger partial charge in [-0.05, 0) is 30.4 Å². The first-order valence-electron chi connectivity index (χ1n) is 6.27. The highest BCUT2D eigenvalue weighted by Crippen LogP contribution is 2.32. The predicted octanol–water partition coefficient (Wildman–Crippen LogP) is 2.05. The Balaban J connectivity index is 2.27. The van der Waals surface area contributed by atoms with Gasteiger partial charge in [0.05, 0.1) is 11.3 Å². The Labute approximate surface area is 109 Å². The molecule has 100 valence electrons. The number of hydrogen-bond donors (Lipinski definition) is 2. The van der Waals surface area contributed by atoms with Gasteiger partial charge in [0.2, 0.25) is 10.0 Å². The van der Waals surface area contributed by atoms with Crippen LogP contribution in [0.25, 0.3) is 0 Å². The highest BCUT2D eigenvalue weighted by atomic mass is 32.2. The zero-order chi connectivity index (χ0) is 13.3. The molecule has 3 N–H and O–H groups in total. The molecule has 0 radical (unpaired) electrons. The number of nitrogens with one attached hydrogen (secondary N) is 1. The summed E-state index contributed by atoms with van der Waals surface area (Å²) in [4.78, 5) is 0. The van der Waals surface area contributed by atoms with E-state index in [1.54, 1.807) is 6.07 Å². The third-order valence-corrected chi connectivity index (χ3v) is 5.18. The van der Waals surface area contributed by atoms with E-state index in [0.29, 0.717) is 5.69 Å². The van der Waals surface area contributed by atoms with E-state index in [0.717, 1.165) is 18.4 Å². The molecule has 0 heterocycles. The van der Waals surface area contributed by atoms with E-state index in [1.165, 1.54) is 0 Å². The quantitative estimate of drug-likeness (QED) is 0.803. The third-order valence-electron chi connectivity index (χ3n) is 3.25. The Morgan fingerprint density at radius 2 is 1.89 bits per heavy atom. The minimum Gasteiger partial charge on any atom is -0.398 e. The SMILES string of the molecule is CC(C)[C@@H](NS(=O)(=O)C1CC1)c1ccccc1N. The highest BCUT2D eigenvalue weighted by molar-refractivity contribution is 7.90. The summed E-state index contributed by atoms with van der Waals surface area (Å²) in [6.07, 6.45) is 1.54. The van der Waals surface area contributed by atoms with Gasteiger partial charge in [-0.1, -0.05) is 32.0 Å². The Morgan fingerprint density at radius 3 is 2.39 bits per heavy atom. The van der Waals surface area contributed by atoms with E-state index in [2.05, 4.69) is 4.72 Å². The normalized spacial score (nSPS) is 17.9. The number of anilines is 1. The maximum Gasteiger partial charge on any atom is 0.215 e. The number of nitrogen functional groups attached to an aromatic ring is 1. The zero-order valence-electron chi connectivity index (χ0n) is 10.8. The van der Waals surface area contributed by atoms with Crippen LogP contribution in [0.5, 0.6) is 0 Å². The number of benzene rings is 1. The summed E-state index contributed by atoms with van der Waals surface area (Å²) in [5.41, 5.74) is 7.43. The summed E-state index contributed by atoms with van der Waals surface area (Å²) in [6.45, 7) is 3.99. The molecular weight excluding hydrogens is 248 g/mol. The molecule has 1 aliphatic carbocycles. The molecule has 18 heavy (non-hydrogen) atoms. The molecule has 1 aromatic carbocycles. The van der Waals surface area contributed by atoms with Crippen LogP contribution in [0.1, 0.15) is 38.3 Å². The molecule has 0 saturated heterocycles. The van der Waals surface area contributed by atoms with Crippen molar-refractivity contribution in [3.63, 3.8) is 0 Å². The molecule has 1 saturated carbocycles. The third kappa shape index (κ3) is 2.84. The van der Waals surface area contributed by atoms with Gasteiger partial charge in [-0.3, -0.25) is 0 Å². The number of hydrogen-bond acceptors (Lipinski definition) is 3. The Kier molecular flexibility index (Phi) is 3.64. The first kappa shape index (κ1) is 13.4. The molecular formula is C13H20N2O2S. The van der Waals surface area contributed by atoms with Gasteiger partial charge in [0, 0.05) is 5.69 Å². The Bertz CT molecular complexity index is 522. The van der Waals surface area contributed by atoms with Crippen LogP contribution >= 0.6 is 0 Å². The first-order chi connectivity index (χ1) is 8.42. The van der Waals surface area contributed by atoms with Crippen molar-refractivity contribution in [3.8, 4) is 0 Å². The first-order valence-corrected chi connectivity index (χ1v) is 7.82. The molecule has 0 amide bonds. The van der Waals surface area contributed by atoms with Gasteiger partial charge < -0.3 is 5.73 Å². The lowest BCUT2D eigenvalue weighted by atomic mass is 9.96. The van der Waals surface area contributed by atoms with Crippen molar-refractivity contribution in [2.45, 2.75) is 38.0 Å². The zero-order valence-corrected chi connectivity index (χ0v) is 11.6. The Morgan fingerprint density at radius 1 is 1.28 bits per heavy atom. The van der Waals surface area contributed by atoms with Crippen LogP contribution in [0.2, 0.25) is 0 Å². The van der Waals surface area contributed by atoms with Gasteiger partial charge in [-0.25, -0.2) is 13.1 Å². The summed E-state index contributed by atoms with van der Waals surface area (Å²) in [5.74, 6) is 0.156. The van der Waals surface area contributed by atoms with Crippen LogP contribution < -0.4 is 10.5 Å². The lowest BCUT2D eigenvalue weighted by Crippen LogP contribution is -2.34. The maximum atomic E-state index is 12.0. The summed E-state index contributed by atoms with van der Waals surface area (Å²) in [7, 11) is -3.20. The minimum absolute atomic E-state index is 0.156. The van der Waals surface area contributed by atoms with Crippen LogP contribution in [0, 0.1) is 5.92 Å². The van der Waals surface area contributed by atoms with Crippen molar-refractivity contribution in [1.29, 1.82) is 0 Å². The fraction of sp³-hybridized carbons (Fsp3) is 0.538.